The Kier molecular flexibility index (Phi) is 6.44. The molecule has 2 aromatic heterocycles. The number of halogens is 3. The lowest BCUT2D eigenvalue weighted by atomic mass is 10.1. The van der Waals surface area contributed by atoms with Crippen LogP contribution in [0.4, 0.5) is 0 Å². The van der Waals surface area contributed by atoms with E-state index < -0.39 is 31.4 Å². The van der Waals surface area contributed by atoms with Crippen molar-refractivity contribution in [1.82, 2.24) is 9.55 Å². The van der Waals surface area contributed by atoms with Crippen LogP contribution in [0.3, 0.4) is 0 Å². The zero-order chi connectivity index (χ0) is 20.4. The van der Waals surface area contributed by atoms with Crippen molar-refractivity contribution in [3.63, 3.8) is 0 Å². The third kappa shape index (κ3) is 3.69. The molecule has 3 aromatic rings. The van der Waals surface area contributed by atoms with Gasteiger partial charge >= 0.3 is 0 Å². The van der Waals surface area contributed by atoms with Crippen molar-refractivity contribution >= 4 is 45.7 Å². The second kappa shape index (κ2) is 8.65. The number of fused-ring (bicyclic) bond motifs is 1. The summed E-state index contributed by atoms with van der Waals surface area (Å²) in [5.74, 6) is -0.126. The maximum absolute atomic E-state index is 12.7. The minimum Gasteiger partial charge on any atom is -0.469 e. The van der Waals surface area contributed by atoms with E-state index in [9.17, 15) is 20.1 Å². The lowest BCUT2D eigenvalue weighted by Crippen LogP contribution is -2.26. The van der Waals surface area contributed by atoms with Crippen molar-refractivity contribution in [3.05, 3.63) is 61.4 Å². The number of hydrogen-bond donors (Lipinski definition) is 3. The SMILES string of the molecule is O=c1cc(CO)n(-c2c(Cl)cccc2Cl)c2c(Cl)cnc(OC(CO)CO)c12. The van der Waals surface area contributed by atoms with Crippen LogP contribution in [-0.2, 0) is 6.61 Å². The summed E-state index contributed by atoms with van der Waals surface area (Å²) in [4.78, 5) is 16.8. The van der Waals surface area contributed by atoms with Gasteiger partial charge in [-0.1, -0.05) is 40.9 Å². The third-order valence-electron chi connectivity index (χ3n) is 4.04. The smallest absolute Gasteiger partial charge is 0.227 e. The average Bonchev–Trinajstić information content (AvgIpc) is 2.68. The number of nitrogens with zero attached hydrogens (tertiary/aromatic N) is 2. The molecule has 10 heteroatoms. The number of para-hydroxylation sites is 1. The van der Waals surface area contributed by atoms with Gasteiger partial charge in [-0.15, -0.1) is 0 Å². The van der Waals surface area contributed by atoms with E-state index in [0.717, 1.165) is 0 Å². The molecular formula is C18H15Cl3N2O5. The maximum Gasteiger partial charge on any atom is 0.227 e. The fraction of sp³-hybridized carbons (Fsp3) is 0.222. The molecular weight excluding hydrogens is 431 g/mol. The van der Waals surface area contributed by atoms with Gasteiger partial charge in [-0.3, -0.25) is 4.79 Å². The van der Waals surface area contributed by atoms with Gasteiger partial charge in [-0.25, -0.2) is 4.98 Å². The number of aliphatic hydroxyl groups excluding tert-OH is 3. The summed E-state index contributed by atoms with van der Waals surface area (Å²) in [5.41, 5.74) is 0.179. The van der Waals surface area contributed by atoms with E-state index in [1.165, 1.54) is 16.8 Å². The molecule has 0 aliphatic carbocycles. The minimum absolute atomic E-state index is 0.00686. The lowest BCUT2D eigenvalue weighted by Gasteiger charge is -2.21. The van der Waals surface area contributed by atoms with Crippen LogP contribution >= 0.6 is 34.8 Å². The average molecular weight is 446 g/mol. The van der Waals surface area contributed by atoms with Crippen LogP contribution < -0.4 is 10.2 Å². The number of rotatable bonds is 6. The van der Waals surface area contributed by atoms with Gasteiger partial charge in [0.1, 0.15) is 11.5 Å². The first-order valence-electron chi connectivity index (χ1n) is 8.09. The normalized spacial score (nSPS) is 11.4. The number of pyridine rings is 2. The predicted octanol–water partition coefficient (Wildman–Crippen LogP) is 2.57. The highest BCUT2D eigenvalue weighted by atomic mass is 35.5. The van der Waals surface area contributed by atoms with Crippen molar-refractivity contribution in [3.8, 4) is 11.6 Å². The van der Waals surface area contributed by atoms with E-state index in [1.54, 1.807) is 18.2 Å². The highest BCUT2D eigenvalue weighted by Crippen LogP contribution is 2.36. The predicted molar refractivity (Wildman–Crippen MR) is 107 cm³/mol. The van der Waals surface area contributed by atoms with Crippen LogP contribution in [0.5, 0.6) is 5.88 Å². The lowest BCUT2D eigenvalue weighted by molar-refractivity contribution is 0.0608. The molecule has 0 atom stereocenters. The van der Waals surface area contributed by atoms with E-state index in [0.29, 0.717) is 5.69 Å². The summed E-state index contributed by atoms with van der Waals surface area (Å²) in [6.45, 7) is -1.46. The summed E-state index contributed by atoms with van der Waals surface area (Å²) in [6.07, 6.45) is 0.276. The van der Waals surface area contributed by atoms with Crippen LogP contribution in [0.1, 0.15) is 5.69 Å². The first-order valence-corrected chi connectivity index (χ1v) is 9.23. The molecule has 1 aromatic carbocycles. The second-order valence-corrected chi connectivity index (χ2v) is 7.03. The van der Waals surface area contributed by atoms with Crippen LogP contribution in [-0.4, -0.2) is 44.2 Å². The Bertz CT molecular complexity index is 1060. The summed E-state index contributed by atoms with van der Waals surface area (Å²) >= 11 is 19.0. The molecule has 0 aliphatic rings. The molecule has 0 spiro atoms. The second-order valence-electron chi connectivity index (χ2n) is 5.80. The van der Waals surface area contributed by atoms with Gasteiger partial charge < -0.3 is 24.6 Å². The van der Waals surface area contributed by atoms with E-state index in [1.807, 2.05) is 0 Å². The zero-order valence-electron chi connectivity index (χ0n) is 14.3. The summed E-state index contributed by atoms with van der Waals surface area (Å²) < 4.78 is 6.94. The van der Waals surface area contributed by atoms with Gasteiger partial charge in [0.2, 0.25) is 5.88 Å². The molecule has 7 nitrogen and oxygen atoms in total. The van der Waals surface area contributed by atoms with Crippen LogP contribution in [0.15, 0.2) is 35.3 Å². The first kappa shape index (κ1) is 20.9. The van der Waals surface area contributed by atoms with Crippen molar-refractivity contribution in [1.29, 1.82) is 0 Å². The monoisotopic (exact) mass is 444 g/mol. The van der Waals surface area contributed by atoms with Crippen LogP contribution in [0.25, 0.3) is 16.6 Å². The van der Waals surface area contributed by atoms with Gasteiger partial charge in [-0.05, 0) is 12.1 Å². The molecule has 0 amide bonds. The largest absolute Gasteiger partial charge is 0.469 e. The molecule has 0 unspecified atom stereocenters. The van der Waals surface area contributed by atoms with Crippen molar-refractivity contribution in [2.75, 3.05) is 13.2 Å². The van der Waals surface area contributed by atoms with Gasteiger partial charge in [0, 0.05) is 6.07 Å². The molecule has 0 aliphatic heterocycles. The van der Waals surface area contributed by atoms with Crippen LogP contribution in [0.2, 0.25) is 15.1 Å². The van der Waals surface area contributed by atoms with Gasteiger partial charge in [0.15, 0.2) is 5.43 Å². The number of ether oxygens (including phenoxy) is 1. The molecule has 3 N–H and O–H groups in total. The molecule has 0 radical (unpaired) electrons. The van der Waals surface area contributed by atoms with E-state index in [-0.39, 0.29) is 37.5 Å². The Morgan fingerprint density at radius 3 is 2.29 bits per heavy atom. The quantitative estimate of drug-likeness (QED) is 0.539. The van der Waals surface area contributed by atoms with Crippen molar-refractivity contribution in [2.45, 2.75) is 12.7 Å². The number of aliphatic hydroxyl groups is 3. The van der Waals surface area contributed by atoms with Crippen LogP contribution in [0, 0.1) is 0 Å². The standard InChI is InChI=1S/C18H15Cl3N2O5/c19-11-2-1-3-12(20)16(11)23-9(6-24)4-14(27)15-17(23)13(21)5-22-18(15)28-10(7-25)8-26/h1-5,10,24-26H,6-8H2. The number of benzene rings is 1. The van der Waals surface area contributed by atoms with Gasteiger partial charge in [0.25, 0.3) is 0 Å². The molecule has 0 fully saturated rings. The molecule has 148 valence electrons. The highest BCUT2D eigenvalue weighted by Gasteiger charge is 2.22. The Morgan fingerprint density at radius 1 is 1.07 bits per heavy atom. The van der Waals surface area contributed by atoms with Gasteiger partial charge in [-0.2, -0.15) is 0 Å². The molecule has 3 rings (SSSR count). The van der Waals surface area contributed by atoms with E-state index in [4.69, 9.17) is 39.5 Å². The van der Waals surface area contributed by atoms with Crippen molar-refractivity contribution < 1.29 is 20.1 Å². The summed E-state index contributed by atoms with van der Waals surface area (Å²) in [5, 5.41) is 29.0. The highest BCUT2D eigenvalue weighted by molar-refractivity contribution is 6.38. The molecule has 0 saturated carbocycles. The Labute approximate surface area is 174 Å². The van der Waals surface area contributed by atoms with Gasteiger partial charge in [0.05, 0.1) is 58.0 Å². The van der Waals surface area contributed by atoms with E-state index in [2.05, 4.69) is 4.98 Å². The zero-order valence-corrected chi connectivity index (χ0v) is 16.5. The Morgan fingerprint density at radius 2 is 1.71 bits per heavy atom. The topological polar surface area (TPSA) is 105 Å². The van der Waals surface area contributed by atoms with E-state index >= 15 is 0 Å². The molecule has 0 saturated heterocycles. The summed E-state index contributed by atoms with van der Waals surface area (Å²) in [6, 6.07) is 6.06. The molecule has 0 bridgehead atoms. The Balaban J connectivity index is 2.45. The molecule has 2 heterocycles. The first-order chi connectivity index (χ1) is 13.4. The van der Waals surface area contributed by atoms with Crippen molar-refractivity contribution in [2.24, 2.45) is 0 Å². The number of aromatic nitrogens is 2. The Hall–Kier alpha value is -1.87. The maximum atomic E-state index is 12.7. The third-order valence-corrected chi connectivity index (χ3v) is 4.92. The minimum atomic E-state index is -0.980. The number of hydrogen-bond acceptors (Lipinski definition) is 6. The summed E-state index contributed by atoms with van der Waals surface area (Å²) in [7, 11) is 0. The fourth-order valence-electron chi connectivity index (χ4n) is 2.79. The molecule has 28 heavy (non-hydrogen) atoms. The fourth-order valence-corrected chi connectivity index (χ4v) is 3.58.